The number of hydrogen-bond acceptors (Lipinski definition) is 6. The lowest BCUT2D eigenvalue weighted by molar-refractivity contribution is -0.128. The number of fused-ring (bicyclic) bond motifs is 1. The normalized spacial score (nSPS) is 11.4. The van der Waals surface area contributed by atoms with Crippen LogP contribution in [-0.2, 0) is 4.79 Å². The molecule has 158 valence electrons. The summed E-state index contributed by atoms with van der Waals surface area (Å²) in [5, 5.41) is 3.15. The van der Waals surface area contributed by atoms with E-state index in [0.717, 1.165) is 0 Å². The number of oxazole rings is 1. The molecule has 1 N–H and O–H groups in total. The van der Waals surface area contributed by atoms with Gasteiger partial charge in [-0.15, -0.1) is 0 Å². The maximum absolute atomic E-state index is 13.0. The molecule has 0 fully saturated rings. The van der Waals surface area contributed by atoms with Gasteiger partial charge >= 0.3 is 0 Å². The first-order valence-corrected chi connectivity index (χ1v) is 9.90. The number of nitrogens with zero attached hydrogens (tertiary/aromatic N) is 2. The molecule has 0 bridgehead atoms. The van der Waals surface area contributed by atoms with Crippen molar-refractivity contribution in [1.82, 2.24) is 9.97 Å². The number of benzene rings is 2. The summed E-state index contributed by atoms with van der Waals surface area (Å²) in [5.74, 6) is 0.861. The molecule has 2 aromatic carbocycles. The topological polar surface area (TPSA) is 86.5 Å². The Bertz CT molecular complexity index is 1210. The molecule has 0 aliphatic heterocycles. The van der Waals surface area contributed by atoms with Crippen LogP contribution in [0.4, 0.5) is 5.69 Å². The molecule has 0 spiro atoms. The zero-order chi connectivity index (χ0) is 22.0. The number of carbonyl (C=O) groups is 1. The number of nitrogens with one attached hydrogen (secondary N) is 1. The summed E-state index contributed by atoms with van der Waals surface area (Å²) in [4.78, 5) is 21.6. The summed E-state index contributed by atoms with van der Waals surface area (Å²) in [6.07, 6.45) is 1.64. The van der Waals surface area contributed by atoms with Crippen molar-refractivity contribution in [2.45, 2.75) is 19.4 Å². The number of carbonyl (C=O) groups excluding carboxylic acids is 1. The van der Waals surface area contributed by atoms with E-state index in [0.29, 0.717) is 44.9 Å². The van der Waals surface area contributed by atoms with E-state index in [-0.39, 0.29) is 5.91 Å². The summed E-state index contributed by atoms with van der Waals surface area (Å²) in [6.45, 7) is 3.36. The number of halogens is 1. The van der Waals surface area contributed by atoms with Gasteiger partial charge in [-0.25, -0.2) is 4.98 Å². The van der Waals surface area contributed by atoms with Gasteiger partial charge in [-0.05, 0) is 50.2 Å². The molecule has 4 aromatic rings. The molecule has 2 heterocycles. The highest BCUT2D eigenvalue weighted by Crippen LogP contribution is 2.38. The maximum atomic E-state index is 13.0. The van der Waals surface area contributed by atoms with Crippen LogP contribution < -0.4 is 14.8 Å². The van der Waals surface area contributed by atoms with Crippen LogP contribution in [0.25, 0.3) is 22.7 Å². The number of pyridine rings is 1. The zero-order valence-electron chi connectivity index (χ0n) is 17.2. The van der Waals surface area contributed by atoms with Crippen LogP contribution in [0.3, 0.4) is 0 Å². The summed E-state index contributed by atoms with van der Waals surface area (Å²) in [5.41, 5.74) is 0.812. The molecular weight excluding hydrogens is 418 g/mol. The van der Waals surface area contributed by atoms with Gasteiger partial charge in [0.25, 0.3) is 5.91 Å². The van der Waals surface area contributed by atoms with Gasteiger partial charge in [-0.1, -0.05) is 29.8 Å². The molecular formula is C23H20ClN3O4. The predicted molar refractivity (Wildman–Crippen MR) is 119 cm³/mol. The Morgan fingerprint density at radius 3 is 2.61 bits per heavy atom. The van der Waals surface area contributed by atoms with Crippen molar-refractivity contribution < 1.29 is 18.7 Å². The lowest BCUT2D eigenvalue weighted by atomic mass is 10.1. The van der Waals surface area contributed by atoms with Gasteiger partial charge in [-0.3, -0.25) is 4.79 Å². The maximum Gasteiger partial charge on any atom is 0.268 e. The van der Waals surface area contributed by atoms with Gasteiger partial charge in [-0.2, -0.15) is 4.98 Å². The number of ether oxygens (including phenoxy) is 2. The van der Waals surface area contributed by atoms with Crippen molar-refractivity contribution in [2.75, 3.05) is 12.4 Å². The van der Waals surface area contributed by atoms with Crippen molar-refractivity contribution in [3.8, 4) is 23.0 Å². The standard InChI is InChI=1S/C23H20ClN3O4/c1-23(2,31-15-8-5-4-6-9-15)22(28)26-17-13-14(12-16(24)19(17)29-3)21-27-20-18(30-21)10-7-11-25-20/h4-13H,1-3H3,(H,26,28). The molecule has 0 unspecified atom stereocenters. The second-order valence-corrected chi connectivity index (χ2v) is 7.67. The highest BCUT2D eigenvalue weighted by atomic mass is 35.5. The minimum atomic E-state index is -1.16. The van der Waals surface area contributed by atoms with E-state index < -0.39 is 5.60 Å². The van der Waals surface area contributed by atoms with Crippen molar-refractivity contribution in [3.63, 3.8) is 0 Å². The molecule has 0 aliphatic carbocycles. The Kier molecular flexibility index (Phi) is 5.52. The van der Waals surface area contributed by atoms with E-state index in [2.05, 4.69) is 15.3 Å². The van der Waals surface area contributed by atoms with E-state index >= 15 is 0 Å². The predicted octanol–water partition coefficient (Wildman–Crippen LogP) is 5.35. The average Bonchev–Trinajstić information content (AvgIpc) is 3.18. The highest BCUT2D eigenvalue weighted by molar-refractivity contribution is 6.33. The average molecular weight is 438 g/mol. The fourth-order valence-electron chi connectivity index (χ4n) is 3.01. The number of amides is 1. The molecule has 8 heteroatoms. The van der Waals surface area contributed by atoms with Gasteiger partial charge in [0.1, 0.15) is 5.75 Å². The number of rotatable bonds is 6. The number of aromatic nitrogens is 2. The molecule has 0 saturated carbocycles. The third kappa shape index (κ3) is 4.32. The summed E-state index contributed by atoms with van der Waals surface area (Å²) >= 11 is 6.42. The van der Waals surface area contributed by atoms with Crippen molar-refractivity contribution in [2.24, 2.45) is 0 Å². The number of hydrogen-bond donors (Lipinski definition) is 1. The quantitative estimate of drug-likeness (QED) is 0.437. The minimum Gasteiger partial charge on any atom is -0.493 e. The molecule has 0 aliphatic rings. The lowest BCUT2D eigenvalue weighted by Gasteiger charge is -2.26. The first-order chi connectivity index (χ1) is 14.9. The van der Waals surface area contributed by atoms with Gasteiger partial charge in [0.05, 0.1) is 17.8 Å². The van der Waals surface area contributed by atoms with Crippen LogP contribution >= 0.6 is 11.6 Å². The van der Waals surface area contributed by atoms with Gasteiger partial charge in [0, 0.05) is 11.8 Å². The van der Waals surface area contributed by atoms with Crippen LogP contribution in [-0.4, -0.2) is 28.6 Å². The van der Waals surface area contributed by atoms with Crippen LogP contribution in [0.1, 0.15) is 13.8 Å². The molecule has 0 atom stereocenters. The highest BCUT2D eigenvalue weighted by Gasteiger charge is 2.31. The van der Waals surface area contributed by atoms with Gasteiger partial charge in [0.15, 0.2) is 22.6 Å². The lowest BCUT2D eigenvalue weighted by Crippen LogP contribution is -2.42. The second kappa shape index (κ2) is 8.28. The van der Waals surface area contributed by atoms with E-state index in [1.54, 1.807) is 56.4 Å². The van der Waals surface area contributed by atoms with E-state index in [9.17, 15) is 4.79 Å². The Hall–Kier alpha value is -3.58. The third-order valence-electron chi connectivity index (χ3n) is 4.57. The SMILES string of the molecule is COc1c(Cl)cc(-c2nc3ncccc3o2)cc1NC(=O)C(C)(C)Oc1ccccc1. The summed E-state index contributed by atoms with van der Waals surface area (Å²) in [6, 6.07) is 16.0. The minimum absolute atomic E-state index is 0.298. The monoisotopic (exact) mass is 437 g/mol. The summed E-state index contributed by atoms with van der Waals surface area (Å²) < 4.78 is 17.1. The Labute approximate surface area is 184 Å². The van der Waals surface area contributed by atoms with E-state index in [4.69, 9.17) is 25.5 Å². The number of methoxy groups -OCH3 is 1. The van der Waals surface area contributed by atoms with Crippen molar-refractivity contribution in [1.29, 1.82) is 0 Å². The molecule has 0 saturated heterocycles. The largest absolute Gasteiger partial charge is 0.493 e. The Morgan fingerprint density at radius 2 is 1.90 bits per heavy atom. The van der Waals surface area contributed by atoms with Gasteiger partial charge in [0.2, 0.25) is 5.89 Å². The van der Waals surface area contributed by atoms with Crippen LogP contribution in [0.15, 0.2) is 65.2 Å². The first kappa shape index (κ1) is 20.7. The third-order valence-corrected chi connectivity index (χ3v) is 4.85. The van der Waals surface area contributed by atoms with Gasteiger partial charge < -0.3 is 19.2 Å². The summed E-state index contributed by atoms with van der Waals surface area (Å²) in [7, 11) is 1.48. The van der Waals surface area contributed by atoms with Crippen molar-refractivity contribution >= 4 is 34.4 Å². The smallest absolute Gasteiger partial charge is 0.268 e. The second-order valence-electron chi connectivity index (χ2n) is 7.26. The fraction of sp³-hybridized carbons (Fsp3) is 0.174. The molecule has 2 aromatic heterocycles. The van der Waals surface area contributed by atoms with Crippen LogP contribution in [0.2, 0.25) is 5.02 Å². The Morgan fingerprint density at radius 1 is 1.13 bits per heavy atom. The molecule has 0 radical (unpaired) electrons. The Balaban J connectivity index is 1.66. The number of anilines is 1. The van der Waals surface area contributed by atoms with Crippen molar-refractivity contribution in [3.05, 3.63) is 65.8 Å². The zero-order valence-corrected chi connectivity index (χ0v) is 17.9. The fourth-order valence-corrected chi connectivity index (χ4v) is 3.31. The van der Waals surface area contributed by atoms with Crippen LogP contribution in [0.5, 0.6) is 11.5 Å². The molecule has 31 heavy (non-hydrogen) atoms. The number of para-hydroxylation sites is 1. The molecule has 1 amide bonds. The van der Waals surface area contributed by atoms with E-state index in [1.807, 2.05) is 18.2 Å². The first-order valence-electron chi connectivity index (χ1n) is 9.52. The van der Waals surface area contributed by atoms with E-state index in [1.165, 1.54) is 7.11 Å². The van der Waals surface area contributed by atoms with Crippen LogP contribution in [0, 0.1) is 0 Å². The molecule has 4 rings (SSSR count). The molecule has 7 nitrogen and oxygen atoms in total.